The fourth-order valence-corrected chi connectivity index (χ4v) is 9.18. The number of benzene rings is 7. The van der Waals surface area contributed by atoms with Gasteiger partial charge in [-0.1, -0.05) is 181 Å². The molecule has 0 aliphatic carbocycles. The largest absolute Gasteiger partial charge is 0.492 e. The first kappa shape index (κ1) is 46.9. The van der Waals surface area contributed by atoms with Crippen molar-refractivity contribution in [3.8, 4) is 39.5 Å². The Hall–Kier alpha value is -5.10. The van der Waals surface area contributed by atoms with Crippen molar-refractivity contribution in [3.05, 3.63) is 115 Å². The quantitative estimate of drug-likeness (QED) is 0.0326. The van der Waals surface area contributed by atoms with Crippen LogP contribution in [0.4, 0.5) is 0 Å². The Bertz CT molecular complexity index is 2330. The molecule has 0 radical (unpaired) electrons. The normalized spacial score (nSPS) is 12.2. The van der Waals surface area contributed by atoms with Crippen molar-refractivity contribution in [3.63, 3.8) is 0 Å². The molecule has 0 amide bonds. The number of fused-ring (bicyclic) bond motifs is 4. The highest BCUT2D eigenvalue weighted by molar-refractivity contribution is 6.19. The monoisotopic (exact) mass is 861 g/mol. The third-order valence-corrected chi connectivity index (χ3v) is 12.8. The van der Waals surface area contributed by atoms with E-state index in [1.807, 2.05) is 0 Å². The molecule has 0 N–H and O–H groups in total. The summed E-state index contributed by atoms with van der Waals surface area (Å²) in [5.74, 6) is 2.43. The molecule has 64 heavy (non-hydrogen) atoms. The van der Waals surface area contributed by atoms with Crippen molar-refractivity contribution >= 4 is 43.1 Å². The summed E-state index contributed by atoms with van der Waals surface area (Å²) in [7, 11) is 13.3. The molecule has 7 aromatic rings. The molecule has 7 aromatic carbocycles. The number of quaternary nitrogens is 2. The van der Waals surface area contributed by atoms with Gasteiger partial charge in [0.2, 0.25) is 0 Å². The summed E-state index contributed by atoms with van der Waals surface area (Å²) in [6.07, 6.45) is 17.0. The molecule has 0 spiro atoms. The van der Waals surface area contributed by atoms with Crippen LogP contribution in [0.25, 0.3) is 65.3 Å². The lowest BCUT2D eigenvalue weighted by Crippen LogP contribution is -2.38. The van der Waals surface area contributed by atoms with Crippen LogP contribution in [-0.4, -0.2) is 84.2 Å². The molecular formula is C59H76N2O3+2. The average molecular weight is 861 g/mol. The van der Waals surface area contributed by atoms with Gasteiger partial charge in [0.1, 0.15) is 43.6 Å². The van der Waals surface area contributed by atoms with Crippen LogP contribution in [0, 0.1) is 0 Å². The predicted molar refractivity (Wildman–Crippen MR) is 275 cm³/mol. The van der Waals surface area contributed by atoms with Gasteiger partial charge in [0.05, 0.1) is 60.0 Å². The summed E-state index contributed by atoms with van der Waals surface area (Å²) < 4.78 is 23.3. The highest BCUT2D eigenvalue weighted by atomic mass is 16.5. The Balaban J connectivity index is 1.38. The molecular weight excluding hydrogens is 785 g/mol. The van der Waals surface area contributed by atoms with Crippen molar-refractivity contribution in [2.45, 2.75) is 90.4 Å². The number of rotatable bonds is 25. The lowest BCUT2D eigenvalue weighted by molar-refractivity contribution is -0.870. The van der Waals surface area contributed by atoms with E-state index >= 15 is 0 Å². The van der Waals surface area contributed by atoms with E-state index in [4.69, 9.17) is 14.2 Å². The minimum absolute atomic E-state index is 0.548. The summed E-state index contributed by atoms with van der Waals surface area (Å²) in [6.45, 7) is 5.68. The third kappa shape index (κ3) is 12.2. The zero-order valence-corrected chi connectivity index (χ0v) is 40.3. The fraction of sp³-hybridized carbons (Fsp3) is 0.424. The van der Waals surface area contributed by atoms with Crippen LogP contribution in [0.3, 0.4) is 0 Å². The lowest BCUT2D eigenvalue weighted by Gasteiger charge is -2.28. The van der Waals surface area contributed by atoms with E-state index in [-0.39, 0.29) is 0 Å². The summed E-state index contributed by atoms with van der Waals surface area (Å²) in [6, 6.07) is 42.1. The fourth-order valence-electron chi connectivity index (χ4n) is 9.18. The molecule has 5 nitrogen and oxygen atoms in total. The van der Waals surface area contributed by atoms with Crippen molar-refractivity contribution in [2.24, 2.45) is 0 Å². The molecule has 338 valence electrons. The molecule has 5 heteroatoms. The van der Waals surface area contributed by atoms with Gasteiger partial charge in [-0.2, -0.15) is 0 Å². The van der Waals surface area contributed by atoms with E-state index < -0.39 is 0 Å². The van der Waals surface area contributed by atoms with Gasteiger partial charge < -0.3 is 23.2 Å². The molecule has 0 atom stereocenters. The van der Waals surface area contributed by atoms with E-state index in [0.29, 0.717) is 19.8 Å². The molecule has 0 fully saturated rings. The van der Waals surface area contributed by atoms with Crippen molar-refractivity contribution in [2.75, 3.05) is 75.2 Å². The second-order valence-corrected chi connectivity index (χ2v) is 20.2. The number of hydrogen-bond donors (Lipinski definition) is 0. The first-order valence-corrected chi connectivity index (χ1v) is 24.5. The van der Waals surface area contributed by atoms with Crippen LogP contribution in [0.5, 0.6) is 17.2 Å². The van der Waals surface area contributed by atoms with Gasteiger partial charge >= 0.3 is 0 Å². The second-order valence-electron chi connectivity index (χ2n) is 20.2. The van der Waals surface area contributed by atoms with Crippen LogP contribution in [-0.2, 0) is 0 Å². The minimum atomic E-state index is 0.548. The molecule has 0 bridgehead atoms. The maximum atomic E-state index is 7.48. The molecule has 0 unspecified atom stereocenters. The second kappa shape index (κ2) is 22.2. The zero-order chi connectivity index (χ0) is 44.9. The number of likely N-dealkylation sites (N-methyl/N-ethyl adjacent to an activating group) is 2. The molecule has 0 saturated carbocycles. The average Bonchev–Trinajstić information content (AvgIpc) is 3.27. The van der Waals surface area contributed by atoms with Gasteiger partial charge in [-0.25, -0.2) is 0 Å². The Morgan fingerprint density at radius 1 is 0.344 bits per heavy atom. The van der Waals surface area contributed by atoms with E-state index in [9.17, 15) is 0 Å². The molecule has 0 aliphatic heterocycles. The van der Waals surface area contributed by atoms with E-state index in [1.165, 1.54) is 114 Å². The van der Waals surface area contributed by atoms with Crippen LogP contribution in [0.2, 0.25) is 0 Å². The third-order valence-electron chi connectivity index (χ3n) is 12.8. The topological polar surface area (TPSA) is 27.7 Å². The number of unbranched alkanes of at least 4 members (excludes halogenated alkanes) is 12. The molecule has 0 aliphatic rings. The highest BCUT2D eigenvalue weighted by Crippen LogP contribution is 2.55. The first-order valence-electron chi connectivity index (χ1n) is 24.5. The Labute approximate surface area is 385 Å². The SMILES string of the molecule is CCCCCCCCCCCCCCCOc1c(-c2c3ccccc3cc3ccccc23)c(OCC[N+](C)(C)C)cc(OCC[N+](C)(C)C)c1-c1c2ccccc2cc2ccccc12. The van der Waals surface area contributed by atoms with Gasteiger partial charge in [-0.05, 0) is 61.6 Å². The summed E-state index contributed by atoms with van der Waals surface area (Å²) >= 11 is 0. The van der Waals surface area contributed by atoms with Crippen molar-refractivity contribution in [1.29, 1.82) is 0 Å². The highest BCUT2D eigenvalue weighted by Gasteiger charge is 2.29. The molecule has 0 aromatic heterocycles. The summed E-state index contributed by atoms with van der Waals surface area (Å²) in [4.78, 5) is 0. The minimum Gasteiger partial charge on any atom is -0.492 e. The predicted octanol–water partition coefficient (Wildman–Crippen LogP) is 15.3. The van der Waals surface area contributed by atoms with E-state index in [1.54, 1.807) is 0 Å². The first-order chi connectivity index (χ1) is 31.0. The smallest absolute Gasteiger partial charge is 0.142 e. The van der Waals surface area contributed by atoms with Crippen LogP contribution >= 0.6 is 0 Å². The number of ether oxygens (including phenoxy) is 3. The Morgan fingerprint density at radius 3 is 1.02 bits per heavy atom. The van der Waals surface area contributed by atoms with Crippen molar-refractivity contribution < 1.29 is 23.2 Å². The zero-order valence-electron chi connectivity index (χ0n) is 40.3. The Kier molecular flexibility index (Phi) is 16.3. The molecule has 0 heterocycles. The maximum Gasteiger partial charge on any atom is 0.142 e. The van der Waals surface area contributed by atoms with Crippen LogP contribution in [0.15, 0.2) is 115 Å². The van der Waals surface area contributed by atoms with Crippen LogP contribution in [0.1, 0.15) is 90.4 Å². The number of hydrogen-bond acceptors (Lipinski definition) is 3. The summed E-state index contributed by atoms with van der Waals surface area (Å²) in [5.41, 5.74) is 4.26. The number of nitrogens with zero attached hydrogens (tertiary/aromatic N) is 2. The lowest BCUT2D eigenvalue weighted by atomic mass is 9.86. The summed E-state index contributed by atoms with van der Waals surface area (Å²) in [5, 5.41) is 9.47. The standard InChI is InChI=1S/C59H76N2O3/c1-8-9-10-11-12-13-14-15-16-17-18-19-28-39-64-59-57(55-49-33-24-20-29-45(49)42-46-30-21-25-34-50(46)55)53(62-40-37-60(2,3)4)44-54(63-41-38-61(5,6)7)58(59)56-51-35-26-22-31-47(51)43-48-32-23-27-36-52(48)56/h20-27,29-36,42-44H,8-19,28,37-41H2,1-7H3/q+2. The van der Waals surface area contributed by atoms with E-state index in [2.05, 4.69) is 164 Å². The van der Waals surface area contributed by atoms with Gasteiger partial charge in [-0.15, -0.1) is 0 Å². The maximum absolute atomic E-state index is 7.48. The van der Waals surface area contributed by atoms with Gasteiger partial charge in [0, 0.05) is 17.2 Å². The molecule has 0 saturated heterocycles. The van der Waals surface area contributed by atoms with Crippen LogP contribution < -0.4 is 14.2 Å². The Morgan fingerprint density at radius 2 is 0.672 bits per heavy atom. The van der Waals surface area contributed by atoms with Gasteiger partial charge in [0.25, 0.3) is 0 Å². The van der Waals surface area contributed by atoms with Crippen molar-refractivity contribution in [1.82, 2.24) is 0 Å². The van der Waals surface area contributed by atoms with Gasteiger partial charge in [0.15, 0.2) is 0 Å². The van der Waals surface area contributed by atoms with E-state index in [0.717, 1.165) is 74.4 Å². The molecule has 7 rings (SSSR count). The van der Waals surface area contributed by atoms with Gasteiger partial charge in [-0.3, -0.25) is 0 Å².